The number of fused-ring (bicyclic) bond motifs is 1. The Morgan fingerprint density at radius 2 is 1.68 bits per heavy atom. The molecule has 1 fully saturated rings. The smallest absolute Gasteiger partial charge is 0.266 e. The Hall–Kier alpha value is -2.73. The topological polar surface area (TPSA) is 58.1 Å². The molecule has 1 amide bonds. The third-order valence-corrected chi connectivity index (χ3v) is 5.62. The number of para-hydroxylation sites is 1. The van der Waals surface area contributed by atoms with Crippen LogP contribution in [0.2, 0.25) is 0 Å². The number of hydrogen-bond acceptors (Lipinski definition) is 3. The van der Waals surface area contributed by atoms with E-state index in [2.05, 4.69) is 18.8 Å². The Bertz CT molecular complexity index is 1140. The van der Waals surface area contributed by atoms with E-state index in [1.54, 1.807) is 30.3 Å². The van der Waals surface area contributed by atoms with Crippen molar-refractivity contribution in [1.29, 1.82) is 0 Å². The maximum Gasteiger partial charge on any atom is 0.266 e. The number of piperidine rings is 1. The molecule has 2 atom stereocenters. The van der Waals surface area contributed by atoms with E-state index in [0.29, 0.717) is 38.8 Å². The van der Waals surface area contributed by atoms with Gasteiger partial charge in [-0.2, -0.15) is 0 Å². The van der Waals surface area contributed by atoms with Crippen molar-refractivity contribution in [2.24, 2.45) is 11.8 Å². The van der Waals surface area contributed by atoms with Crippen LogP contribution in [0, 0.1) is 16.6 Å². The fourth-order valence-electron chi connectivity index (χ4n) is 4.16. The molecule has 0 aliphatic carbocycles. The zero-order chi connectivity index (χ0) is 19.8. The second-order valence-electron chi connectivity index (χ2n) is 7.82. The van der Waals surface area contributed by atoms with Gasteiger partial charge in [-0.25, -0.2) is 0 Å². The van der Waals surface area contributed by atoms with E-state index in [4.69, 9.17) is 12.2 Å². The molecule has 0 saturated carbocycles. The molecule has 0 bridgehead atoms. The molecule has 144 valence electrons. The number of H-pyrrole nitrogens is 1. The summed E-state index contributed by atoms with van der Waals surface area (Å²) in [6.07, 6.45) is 1.16. The maximum atomic E-state index is 12.9. The molecule has 1 aliphatic heterocycles. The lowest BCUT2D eigenvalue weighted by Gasteiger charge is -2.35. The van der Waals surface area contributed by atoms with Crippen LogP contribution in [0.3, 0.4) is 0 Å². The SMILES string of the molecule is C[C@@H]1C[C@@H](C)CN(C(=O)c2ccc(-n3c(=S)[nH]c4ccccc4c3=O)cc2)C1. The van der Waals surface area contributed by atoms with Gasteiger partial charge in [0, 0.05) is 18.7 Å². The molecule has 2 aromatic carbocycles. The van der Waals surface area contributed by atoms with Gasteiger partial charge in [0.05, 0.1) is 16.6 Å². The monoisotopic (exact) mass is 393 g/mol. The van der Waals surface area contributed by atoms with Crippen LogP contribution >= 0.6 is 12.2 Å². The van der Waals surface area contributed by atoms with Crippen molar-refractivity contribution in [1.82, 2.24) is 14.5 Å². The zero-order valence-electron chi connectivity index (χ0n) is 16.0. The number of rotatable bonds is 2. The minimum absolute atomic E-state index is 0.0426. The van der Waals surface area contributed by atoms with E-state index < -0.39 is 0 Å². The highest BCUT2D eigenvalue weighted by atomic mass is 32.1. The quantitative estimate of drug-likeness (QED) is 0.665. The van der Waals surface area contributed by atoms with E-state index >= 15 is 0 Å². The number of carbonyl (C=O) groups is 1. The van der Waals surface area contributed by atoms with E-state index in [9.17, 15) is 9.59 Å². The molecule has 1 saturated heterocycles. The largest absolute Gasteiger partial charge is 0.338 e. The molecule has 0 radical (unpaired) electrons. The zero-order valence-corrected chi connectivity index (χ0v) is 16.8. The summed E-state index contributed by atoms with van der Waals surface area (Å²) in [5.74, 6) is 1.07. The van der Waals surface area contributed by atoms with Gasteiger partial charge in [0.25, 0.3) is 11.5 Å². The lowest BCUT2D eigenvalue weighted by atomic mass is 9.91. The standard InChI is InChI=1S/C22H23N3O2S/c1-14-11-15(2)13-24(12-14)20(26)16-7-9-17(10-8-16)25-21(27)18-5-3-4-6-19(18)23-22(25)28/h3-10,14-15H,11-13H2,1-2H3,(H,23,28)/t14-,15-/m1/s1. The highest BCUT2D eigenvalue weighted by Gasteiger charge is 2.26. The Labute approximate surface area is 168 Å². The summed E-state index contributed by atoms with van der Waals surface area (Å²) in [5, 5.41) is 0.576. The van der Waals surface area contributed by atoms with Crippen molar-refractivity contribution in [3.8, 4) is 5.69 Å². The van der Waals surface area contributed by atoms with Crippen LogP contribution in [-0.4, -0.2) is 33.4 Å². The highest BCUT2D eigenvalue weighted by Crippen LogP contribution is 2.23. The van der Waals surface area contributed by atoms with E-state index in [1.807, 2.05) is 23.1 Å². The van der Waals surface area contributed by atoms with Crippen molar-refractivity contribution in [2.75, 3.05) is 13.1 Å². The van der Waals surface area contributed by atoms with E-state index in [0.717, 1.165) is 19.5 Å². The summed E-state index contributed by atoms with van der Waals surface area (Å²) >= 11 is 5.39. The second-order valence-corrected chi connectivity index (χ2v) is 8.21. The fourth-order valence-corrected chi connectivity index (χ4v) is 4.46. The molecule has 28 heavy (non-hydrogen) atoms. The van der Waals surface area contributed by atoms with Gasteiger partial charge in [-0.05, 0) is 66.9 Å². The lowest BCUT2D eigenvalue weighted by molar-refractivity contribution is 0.0623. The maximum absolute atomic E-state index is 12.9. The Kier molecular flexibility index (Phi) is 4.89. The summed E-state index contributed by atoms with van der Waals surface area (Å²) in [7, 11) is 0. The molecule has 0 spiro atoms. The molecule has 1 aliphatic rings. The van der Waals surface area contributed by atoms with Crippen LogP contribution in [0.25, 0.3) is 16.6 Å². The Morgan fingerprint density at radius 3 is 2.36 bits per heavy atom. The van der Waals surface area contributed by atoms with Crippen molar-refractivity contribution >= 4 is 29.0 Å². The lowest BCUT2D eigenvalue weighted by Crippen LogP contribution is -2.42. The molecular formula is C22H23N3O2S. The number of nitrogens with zero attached hydrogens (tertiary/aromatic N) is 2. The minimum atomic E-state index is -0.169. The number of likely N-dealkylation sites (tertiary alicyclic amines) is 1. The average molecular weight is 394 g/mol. The third kappa shape index (κ3) is 3.40. The number of nitrogens with one attached hydrogen (secondary N) is 1. The number of aromatic nitrogens is 2. The summed E-state index contributed by atoms with van der Waals surface area (Å²) in [6.45, 7) is 5.96. The first-order chi connectivity index (χ1) is 13.4. The molecule has 4 rings (SSSR count). The van der Waals surface area contributed by atoms with Crippen molar-refractivity contribution in [3.63, 3.8) is 0 Å². The molecule has 2 heterocycles. The molecular weight excluding hydrogens is 370 g/mol. The van der Waals surface area contributed by atoms with Crippen molar-refractivity contribution in [3.05, 3.63) is 69.2 Å². The van der Waals surface area contributed by atoms with Gasteiger partial charge in [-0.3, -0.25) is 14.2 Å². The summed E-state index contributed by atoms with van der Waals surface area (Å²) in [4.78, 5) is 30.8. The first kappa shape index (κ1) is 18.6. The molecule has 0 unspecified atom stereocenters. The number of carbonyl (C=O) groups excluding carboxylic acids is 1. The molecule has 6 heteroatoms. The van der Waals surface area contributed by atoms with Crippen molar-refractivity contribution < 1.29 is 4.79 Å². The average Bonchev–Trinajstić information content (AvgIpc) is 2.67. The first-order valence-electron chi connectivity index (χ1n) is 9.58. The number of amides is 1. The van der Waals surface area contributed by atoms with Crippen LogP contribution in [-0.2, 0) is 0 Å². The van der Waals surface area contributed by atoms with Gasteiger partial charge in [0.1, 0.15) is 0 Å². The van der Waals surface area contributed by atoms with Gasteiger partial charge >= 0.3 is 0 Å². The summed E-state index contributed by atoms with van der Waals surface area (Å²) in [5.41, 5.74) is 1.83. The third-order valence-electron chi connectivity index (χ3n) is 5.33. The van der Waals surface area contributed by atoms with Gasteiger partial charge < -0.3 is 9.88 Å². The fraction of sp³-hybridized carbons (Fsp3) is 0.318. The summed E-state index contributed by atoms with van der Waals surface area (Å²) < 4.78 is 1.80. The number of hydrogen-bond donors (Lipinski definition) is 1. The second kappa shape index (κ2) is 7.36. The molecule has 5 nitrogen and oxygen atoms in total. The van der Waals surface area contributed by atoms with Crippen LogP contribution in [0.4, 0.5) is 0 Å². The van der Waals surface area contributed by atoms with Crippen LogP contribution in [0.1, 0.15) is 30.6 Å². The number of benzene rings is 2. The highest BCUT2D eigenvalue weighted by molar-refractivity contribution is 7.71. The predicted octanol–water partition coefficient (Wildman–Crippen LogP) is 4.17. The predicted molar refractivity (Wildman–Crippen MR) is 114 cm³/mol. The molecule has 3 aromatic rings. The first-order valence-corrected chi connectivity index (χ1v) is 9.98. The van der Waals surface area contributed by atoms with Gasteiger partial charge in [-0.15, -0.1) is 0 Å². The normalized spacial score (nSPS) is 19.7. The molecule has 1 N–H and O–H groups in total. The van der Waals surface area contributed by atoms with Crippen LogP contribution < -0.4 is 5.56 Å². The van der Waals surface area contributed by atoms with Crippen LogP contribution in [0.5, 0.6) is 0 Å². The van der Waals surface area contributed by atoms with Gasteiger partial charge in [0.15, 0.2) is 4.77 Å². The Balaban J connectivity index is 1.67. The van der Waals surface area contributed by atoms with Crippen molar-refractivity contribution in [2.45, 2.75) is 20.3 Å². The number of aromatic amines is 1. The molecule has 1 aromatic heterocycles. The van der Waals surface area contributed by atoms with E-state index in [1.165, 1.54) is 4.57 Å². The Morgan fingerprint density at radius 1 is 1.04 bits per heavy atom. The van der Waals surface area contributed by atoms with Gasteiger partial charge in [-0.1, -0.05) is 26.0 Å². The van der Waals surface area contributed by atoms with E-state index in [-0.39, 0.29) is 11.5 Å². The summed E-state index contributed by atoms with van der Waals surface area (Å²) in [6, 6.07) is 14.4. The van der Waals surface area contributed by atoms with Gasteiger partial charge in [0.2, 0.25) is 0 Å². The minimum Gasteiger partial charge on any atom is -0.338 e. The van der Waals surface area contributed by atoms with Crippen LogP contribution in [0.15, 0.2) is 53.3 Å².